The van der Waals surface area contributed by atoms with Crippen molar-refractivity contribution >= 4 is 47.3 Å². The van der Waals surface area contributed by atoms with Crippen LogP contribution in [0.2, 0.25) is 5.04 Å². The quantitative estimate of drug-likeness (QED) is 0.0686. The summed E-state index contributed by atoms with van der Waals surface area (Å²) in [6.07, 6.45) is -2.36. The molecule has 1 aliphatic heterocycles. The van der Waals surface area contributed by atoms with Crippen molar-refractivity contribution in [2.24, 2.45) is 0 Å². The highest BCUT2D eigenvalue weighted by Crippen LogP contribution is 2.39. The minimum absolute atomic E-state index is 0.221. The molecule has 5 rings (SSSR count). The molecule has 4 aromatic carbocycles. The largest absolute Gasteiger partial charge is 0.435 e. The Morgan fingerprint density at radius 3 is 1.59 bits per heavy atom. The number of carbonyl (C=O) groups is 1. The van der Waals surface area contributed by atoms with Crippen LogP contribution in [0.4, 0.5) is 0 Å². The van der Waals surface area contributed by atoms with Gasteiger partial charge in [0.15, 0.2) is 0 Å². The summed E-state index contributed by atoms with van der Waals surface area (Å²) >= 11 is 2.27. The first kappa shape index (κ1) is 34.5. The van der Waals surface area contributed by atoms with Gasteiger partial charge in [0.05, 0.1) is 19.8 Å². The summed E-state index contributed by atoms with van der Waals surface area (Å²) in [5.41, 5.74) is 2.09. The van der Waals surface area contributed by atoms with E-state index in [4.69, 9.17) is 23.4 Å². The standard InChI is InChI=1S/C38H43IO6Si/c1-28(40)44-37-34(39)36(42-26-30-19-11-6-12-20-30)35(41-25-29-17-9-5-10-18-29)33(45-37)27-43-46(38(2,3)4,31-21-13-7-14-22-31)32-23-15-8-16-24-32/h5-24,33-37H,25-27H2,1-4H3/t33-,34+,35-,36-,37+/m1/s1. The van der Waals surface area contributed by atoms with E-state index in [1.54, 1.807) is 0 Å². The first-order valence-electron chi connectivity index (χ1n) is 15.7. The Kier molecular flexibility index (Phi) is 11.9. The fourth-order valence-electron chi connectivity index (χ4n) is 6.15. The van der Waals surface area contributed by atoms with Crippen LogP contribution in [0, 0.1) is 0 Å². The van der Waals surface area contributed by atoms with Crippen LogP contribution < -0.4 is 10.4 Å². The molecule has 6 nitrogen and oxygen atoms in total. The zero-order valence-corrected chi connectivity index (χ0v) is 30.0. The third-order valence-corrected chi connectivity index (χ3v) is 14.6. The van der Waals surface area contributed by atoms with Gasteiger partial charge in [-0.15, -0.1) is 0 Å². The van der Waals surface area contributed by atoms with Gasteiger partial charge >= 0.3 is 5.97 Å². The number of esters is 1. The lowest BCUT2D eigenvalue weighted by atomic mass is 10.0. The van der Waals surface area contributed by atoms with Crippen LogP contribution in [0.1, 0.15) is 38.8 Å². The van der Waals surface area contributed by atoms with Crippen LogP contribution in [0.15, 0.2) is 121 Å². The molecule has 8 heteroatoms. The first-order chi connectivity index (χ1) is 22.2. The monoisotopic (exact) mass is 750 g/mol. The van der Waals surface area contributed by atoms with Gasteiger partial charge in [0.2, 0.25) is 6.29 Å². The molecule has 0 bridgehead atoms. The highest BCUT2D eigenvalue weighted by Gasteiger charge is 2.53. The number of halogens is 1. The van der Waals surface area contributed by atoms with Crippen LogP contribution in [-0.2, 0) is 41.4 Å². The topological polar surface area (TPSA) is 63.2 Å². The third kappa shape index (κ3) is 8.16. The third-order valence-electron chi connectivity index (χ3n) is 8.31. The lowest BCUT2D eigenvalue weighted by molar-refractivity contribution is -0.261. The molecule has 1 heterocycles. The van der Waals surface area contributed by atoms with Gasteiger partial charge in [0, 0.05) is 6.92 Å². The zero-order chi connectivity index (χ0) is 32.6. The number of rotatable bonds is 12. The van der Waals surface area contributed by atoms with Crippen molar-refractivity contribution in [2.75, 3.05) is 6.61 Å². The van der Waals surface area contributed by atoms with E-state index in [0.717, 1.165) is 11.1 Å². The molecular formula is C38H43IO6Si. The maximum atomic E-state index is 12.3. The number of ether oxygens (including phenoxy) is 4. The molecule has 0 aromatic heterocycles. The fraction of sp³-hybridized carbons (Fsp3) is 0.342. The average Bonchev–Trinajstić information content (AvgIpc) is 3.06. The second-order valence-corrected chi connectivity index (χ2v) is 18.3. The summed E-state index contributed by atoms with van der Waals surface area (Å²) in [5, 5.41) is 2.12. The highest BCUT2D eigenvalue weighted by atomic mass is 127. The van der Waals surface area contributed by atoms with E-state index in [0.29, 0.717) is 13.2 Å². The number of benzene rings is 4. The molecule has 46 heavy (non-hydrogen) atoms. The van der Waals surface area contributed by atoms with Crippen LogP contribution in [0.5, 0.6) is 0 Å². The molecule has 0 amide bonds. The molecule has 0 spiro atoms. The molecule has 1 fully saturated rings. The Morgan fingerprint density at radius 2 is 1.15 bits per heavy atom. The van der Waals surface area contributed by atoms with Crippen molar-refractivity contribution in [1.29, 1.82) is 0 Å². The molecule has 1 saturated heterocycles. The first-order valence-corrected chi connectivity index (χ1v) is 18.9. The summed E-state index contributed by atoms with van der Waals surface area (Å²) in [7, 11) is -2.90. The van der Waals surface area contributed by atoms with E-state index in [2.05, 4.69) is 91.9 Å². The van der Waals surface area contributed by atoms with Gasteiger partial charge in [-0.3, -0.25) is 4.79 Å². The molecule has 0 N–H and O–H groups in total. The number of alkyl halides is 1. The van der Waals surface area contributed by atoms with Crippen LogP contribution >= 0.6 is 22.6 Å². The number of hydrogen-bond acceptors (Lipinski definition) is 6. The van der Waals surface area contributed by atoms with Crippen LogP contribution in [0.25, 0.3) is 0 Å². The van der Waals surface area contributed by atoms with Gasteiger partial charge in [-0.2, -0.15) is 0 Å². The Bertz CT molecular complexity index is 1460. The summed E-state index contributed by atoms with van der Waals surface area (Å²) in [6, 6.07) is 41.2. The summed E-state index contributed by atoms with van der Waals surface area (Å²) < 4.78 is 32.7. The Labute approximate surface area is 287 Å². The second-order valence-electron chi connectivity index (χ2n) is 12.6. The Morgan fingerprint density at radius 1 is 0.717 bits per heavy atom. The van der Waals surface area contributed by atoms with Crippen molar-refractivity contribution < 1.29 is 28.2 Å². The van der Waals surface area contributed by atoms with E-state index in [-0.39, 0.29) is 15.6 Å². The number of carbonyl (C=O) groups excluding carboxylic acids is 1. The molecule has 0 radical (unpaired) electrons. The summed E-state index contributed by atoms with van der Waals surface area (Å²) in [4.78, 5) is 12.3. The van der Waals surface area contributed by atoms with Crippen molar-refractivity contribution in [3.8, 4) is 0 Å². The van der Waals surface area contributed by atoms with Gasteiger partial charge in [-0.1, -0.05) is 165 Å². The molecule has 0 saturated carbocycles. The Hall–Kier alpha value is -2.86. The van der Waals surface area contributed by atoms with Crippen molar-refractivity contribution in [1.82, 2.24) is 0 Å². The van der Waals surface area contributed by atoms with E-state index in [1.165, 1.54) is 17.3 Å². The second kappa shape index (κ2) is 15.8. The molecule has 4 aromatic rings. The lowest BCUT2D eigenvalue weighted by Crippen LogP contribution is -2.68. The van der Waals surface area contributed by atoms with E-state index >= 15 is 0 Å². The van der Waals surface area contributed by atoms with Crippen molar-refractivity contribution in [3.05, 3.63) is 132 Å². The minimum Gasteiger partial charge on any atom is -0.435 e. The van der Waals surface area contributed by atoms with Crippen LogP contribution in [-0.4, -0.2) is 49.4 Å². The van der Waals surface area contributed by atoms with Gasteiger partial charge in [0.25, 0.3) is 8.32 Å². The fourth-order valence-corrected chi connectivity index (χ4v) is 11.7. The smallest absolute Gasteiger partial charge is 0.304 e. The summed E-state index contributed by atoms with van der Waals surface area (Å²) in [5.74, 6) is -0.413. The Balaban J connectivity index is 1.52. The molecule has 5 atom stereocenters. The zero-order valence-electron chi connectivity index (χ0n) is 26.9. The SMILES string of the molecule is CC(=O)O[C@H]1O[C@H](CO[Si](c2ccccc2)(c2ccccc2)C(C)(C)C)[C@@H](OCc2ccccc2)[C@H](OCc2ccccc2)[C@@H]1I. The predicted molar refractivity (Wildman–Crippen MR) is 192 cm³/mol. The van der Waals surface area contributed by atoms with E-state index < -0.39 is 38.9 Å². The number of hydrogen-bond donors (Lipinski definition) is 0. The molecular weight excluding hydrogens is 707 g/mol. The van der Waals surface area contributed by atoms with Gasteiger partial charge in [-0.25, -0.2) is 0 Å². The predicted octanol–water partition coefficient (Wildman–Crippen LogP) is 6.83. The highest BCUT2D eigenvalue weighted by molar-refractivity contribution is 14.1. The lowest BCUT2D eigenvalue weighted by Gasteiger charge is -2.47. The van der Waals surface area contributed by atoms with Crippen molar-refractivity contribution in [3.63, 3.8) is 0 Å². The van der Waals surface area contributed by atoms with E-state index in [1.807, 2.05) is 72.8 Å². The van der Waals surface area contributed by atoms with Crippen molar-refractivity contribution in [2.45, 2.75) is 74.5 Å². The molecule has 0 aliphatic carbocycles. The summed E-state index contributed by atoms with van der Waals surface area (Å²) in [6.45, 7) is 9.12. The van der Waals surface area contributed by atoms with Gasteiger partial charge in [-0.05, 0) is 26.5 Å². The molecule has 0 unspecified atom stereocenters. The maximum Gasteiger partial charge on any atom is 0.304 e. The average molecular weight is 751 g/mol. The van der Waals surface area contributed by atoms with Gasteiger partial charge in [0.1, 0.15) is 22.2 Å². The molecule has 1 aliphatic rings. The minimum atomic E-state index is -2.90. The van der Waals surface area contributed by atoms with Gasteiger partial charge < -0.3 is 23.4 Å². The van der Waals surface area contributed by atoms with E-state index in [9.17, 15) is 4.79 Å². The van der Waals surface area contributed by atoms with Crippen LogP contribution in [0.3, 0.4) is 0 Å². The molecule has 242 valence electrons. The normalized spacial score (nSPS) is 21.9. The maximum absolute atomic E-state index is 12.3.